The van der Waals surface area contributed by atoms with Gasteiger partial charge in [0.25, 0.3) is 5.91 Å². The van der Waals surface area contributed by atoms with Crippen LogP contribution < -0.4 is 0 Å². The van der Waals surface area contributed by atoms with E-state index in [-0.39, 0.29) is 18.1 Å². The molecule has 134 valence electrons. The van der Waals surface area contributed by atoms with E-state index < -0.39 is 0 Å². The Balaban J connectivity index is 1.87. The standard InChI is InChI=1S/C18H21Cl2N3O2/c1-11-8-22(9-12(2)25-11)18(24)16-13(3)21-23(17(16)20)10-14-6-4-5-7-15(14)19/h4-7,11-12H,8-10H2,1-3H3. The number of carbonyl (C=O) groups excluding carboxylic acids is 1. The van der Waals surface area contributed by atoms with Crippen LogP contribution in [-0.2, 0) is 11.3 Å². The van der Waals surface area contributed by atoms with Crippen LogP contribution in [0.4, 0.5) is 0 Å². The van der Waals surface area contributed by atoms with Crippen molar-refractivity contribution in [2.75, 3.05) is 13.1 Å². The molecule has 0 N–H and O–H groups in total. The molecule has 3 rings (SSSR count). The summed E-state index contributed by atoms with van der Waals surface area (Å²) in [7, 11) is 0. The Morgan fingerprint density at radius 1 is 1.24 bits per heavy atom. The van der Waals surface area contributed by atoms with Crippen LogP contribution in [0.5, 0.6) is 0 Å². The maximum absolute atomic E-state index is 13.0. The number of aromatic nitrogens is 2. The van der Waals surface area contributed by atoms with E-state index in [4.69, 9.17) is 27.9 Å². The largest absolute Gasteiger partial charge is 0.372 e. The van der Waals surface area contributed by atoms with Crippen molar-refractivity contribution in [3.05, 3.63) is 51.3 Å². The Labute approximate surface area is 157 Å². The number of morpholine rings is 1. The number of amides is 1. The first kappa shape index (κ1) is 18.2. The van der Waals surface area contributed by atoms with E-state index in [9.17, 15) is 4.79 Å². The Morgan fingerprint density at radius 2 is 1.88 bits per heavy atom. The molecule has 1 saturated heterocycles. The van der Waals surface area contributed by atoms with Crippen molar-refractivity contribution in [1.82, 2.24) is 14.7 Å². The lowest BCUT2D eigenvalue weighted by Crippen LogP contribution is -2.48. The molecule has 1 amide bonds. The number of halogens is 2. The van der Waals surface area contributed by atoms with Crippen LogP contribution in [0.3, 0.4) is 0 Å². The van der Waals surface area contributed by atoms with E-state index in [0.717, 1.165) is 5.56 Å². The average Bonchev–Trinajstić information content (AvgIpc) is 2.82. The second kappa shape index (κ2) is 7.36. The summed E-state index contributed by atoms with van der Waals surface area (Å²) in [6.45, 7) is 7.25. The molecule has 2 heterocycles. The molecule has 2 unspecified atom stereocenters. The minimum atomic E-state index is -0.102. The third-order valence-corrected chi connectivity index (χ3v) is 5.02. The van der Waals surface area contributed by atoms with Gasteiger partial charge in [0, 0.05) is 18.1 Å². The number of benzene rings is 1. The summed E-state index contributed by atoms with van der Waals surface area (Å²) in [5.41, 5.74) is 1.98. The van der Waals surface area contributed by atoms with Crippen LogP contribution in [0, 0.1) is 6.92 Å². The monoisotopic (exact) mass is 381 g/mol. The summed E-state index contributed by atoms with van der Waals surface area (Å²) in [5.74, 6) is -0.102. The summed E-state index contributed by atoms with van der Waals surface area (Å²) < 4.78 is 7.32. The molecule has 0 aliphatic carbocycles. The van der Waals surface area contributed by atoms with E-state index in [2.05, 4.69) is 5.10 Å². The van der Waals surface area contributed by atoms with Crippen molar-refractivity contribution in [1.29, 1.82) is 0 Å². The fraction of sp³-hybridized carbons (Fsp3) is 0.444. The van der Waals surface area contributed by atoms with Gasteiger partial charge in [-0.15, -0.1) is 0 Å². The molecular weight excluding hydrogens is 361 g/mol. The Hall–Kier alpha value is -1.56. The zero-order chi connectivity index (χ0) is 18.1. The van der Waals surface area contributed by atoms with Gasteiger partial charge < -0.3 is 9.64 Å². The van der Waals surface area contributed by atoms with Gasteiger partial charge in [0.1, 0.15) is 5.15 Å². The van der Waals surface area contributed by atoms with E-state index in [1.165, 1.54) is 0 Å². The molecule has 25 heavy (non-hydrogen) atoms. The summed E-state index contributed by atoms with van der Waals surface area (Å²) in [6.07, 6.45) is 0.00917. The SMILES string of the molecule is Cc1nn(Cc2ccccc2Cl)c(Cl)c1C(=O)N1CC(C)OC(C)C1. The Kier molecular flexibility index (Phi) is 5.37. The molecule has 2 aromatic rings. The fourth-order valence-corrected chi connectivity index (χ4v) is 3.70. The number of carbonyl (C=O) groups is 1. The van der Waals surface area contributed by atoms with Crippen LogP contribution in [0.2, 0.25) is 10.2 Å². The molecule has 2 atom stereocenters. The summed E-state index contributed by atoms with van der Waals surface area (Å²) in [5, 5.41) is 5.44. The normalized spacial score (nSPS) is 20.8. The first-order valence-electron chi connectivity index (χ1n) is 8.28. The highest BCUT2D eigenvalue weighted by Crippen LogP contribution is 2.25. The average molecular weight is 382 g/mol. The first-order valence-corrected chi connectivity index (χ1v) is 9.03. The molecule has 1 fully saturated rings. The van der Waals surface area contributed by atoms with Crippen molar-refractivity contribution in [3.8, 4) is 0 Å². The predicted molar refractivity (Wildman–Crippen MR) is 98.4 cm³/mol. The number of hydrogen-bond donors (Lipinski definition) is 0. The third-order valence-electron chi connectivity index (χ3n) is 4.26. The van der Waals surface area contributed by atoms with Gasteiger partial charge in [-0.05, 0) is 32.4 Å². The summed E-state index contributed by atoms with van der Waals surface area (Å²) >= 11 is 12.7. The first-order chi connectivity index (χ1) is 11.9. The van der Waals surface area contributed by atoms with E-state index >= 15 is 0 Å². The number of nitrogens with zero attached hydrogens (tertiary/aromatic N) is 3. The predicted octanol–water partition coefficient (Wildman–Crippen LogP) is 3.80. The number of rotatable bonds is 3. The zero-order valence-electron chi connectivity index (χ0n) is 14.5. The summed E-state index contributed by atoms with van der Waals surface area (Å²) in [4.78, 5) is 14.8. The van der Waals surface area contributed by atoms with Crippen molar-refractivity contribution < 1.29 is 9.53 Å². The van der Waals surface area contributed by atoms with E-state index in [0.29, 0.717) is 41.1 Å². The van der Waals surface area contributed by atoms with Crippen LogP contribution in [-0.4, -0.2) is 45.9 Å². The van der Waals surface area contributed by atoms with Gasteiger partial charge in [-0.25, -0.2) is 4.68 Å². The highest BCUT2D eigenvalue weighted by atomic mass is 35.5. The maximum atomic E-state index is 13.0. The molecule has 1 aromatic carbocycles. The second-order valence-electron chi connectivity index (χ2n) is 6.47. The van der Waals surface area contributed by atoms with E-state index in [1.54, 1.807) is 16.5 Å². The van der Waals surface area contributed by atoms with Gasteiger partial charge in [0.2, 0.25) is 0 Å². The van der Waals surface area contributed by atoms with Gasteiger partial charge in [0.05, 0.1) is 30.0 Å². The van der Waals surface area contributed by atoms with Crippen LogP contribution >= 0.6 is 23.2 Å². The van der Waals surface area contributed by atoms with Gasteiger partial charge in [-0.3, -0.25) is 4.79 Å². The molecule has 5 nitrogen and oxygen atoms in total. The van der Waals surface area contributed by atoms with Crippen molar-refractivity contribution in [2.24, 2.45) is 0 Å². The van der Waals surface area contributed by atoms with Gasteiger partial charge >= 0.3 is 0 Å². The third kappa shape index (κ3) is 3.84. The van der Waals surface area contributed by atoms with Crippen molar-refractivity contribution in [2.45, 2.75) is 39.5 Å². The van der Waals surface area contributed by atoms with Gasteiger partial charge in [-0.1, -0.05) is 41.4 Å². The molecule has 0 bridgehead atoms. The smallest absolute Gasteiger partial charge is 0.259 e. The quantitative estimate of drug-likeness (QED) is 0.812. The number of ether oxygens (including phenoxy) is 1. The van der Waals surface area contributed by atoms with Gasteiger partial charge in [-0.2, -0.15) is 5.10 Å². The van der Waals surface area contributed by atoms with E-state index in [1.807, 2.05) is 38.1 Å². The molecule has 0 spiro atoms. The Bertz CT molecular complexity index is 781. The zero-order valence-corrected chi connectivity index (χ0v) is 16.0. The Morgan fingerprint density at radius 3 is 2.52 bits per heavy atom. The molecule has 0 saturated carbocycles. The molecular formula is C18H21Cl2N3O2. The van der Waals surface area contributed by atoms with Crippen LogP contribution in [0.15, 0.2) is 24.3 Å². The molecule has 1 aromatic heterocycles. The molecule has 1 aliphatic rings. The lowest BCUT2D eigenvalue weighted by atomic mass is 10.1. The maximum Gasteiger partial charge on any atom is 0.259 e. The van der Waals surface area contributed by atoms with Crippen molar-refractivity contribution in [3.63, 3.8) is 0 Å². The number of hydrogen-bond acceptors (Lipinski definition) is 3. The fourth-order valence-electron chi connectivity index (χ4n) is 3.19. The minimum Gasteiger partial charge on any atom is -0.372 e. The molecule has 7 heteroatoms. The highest BCUT2D eigenvalue weighted by Gasteiger charge is 2.30. The van der Waals surface area contributed by atoms with Crippen LogP contribution in [0.1, 0.15) is 35.5 Å². The summed E-state index contributed by atoms with van der Waals surface area (Å²) in [6, 6.07) is 7.53. The molecule has 0 radical (unpaired) electrons. The van der Waals surface area contributed by atoms with Crippen LogP contribution in [0.25, 0.3) is 0 Å². The lowest BCUT2D eigenvalue weighted by molar-refractivity contribution is -0.0586. The topological polar surface area (TPSA) is 47.4 Å². The lowest BCUT2D eigenvalue weighted by Gasteiger charge is -2.35. The highest BCUT2D eigenvalue weighted by molar-refractivity contribution is 6.33. The second-order valence-corrected chi connectivity index (χ2v) is 7.23. The molecule has 1 aliphatic heterocycles. The van der Waals surface area contributed by atoms with Gasteiger partial charge in [0.15, 0.2) is 0 Å². The van der Waals surface area contributed by atoms with Crippen molar-refractivity contribution >= 4 is 29.1 Å². The number of aryl methyl sites for hydroxylation is 1. The minimum absolute atomic E-state index is 0.00459.